The summed E-state index contributed by atoms with van der Waals surface area (Å²) in [4.78, 5) is 0. The standard InChI is InChI=1S/C18H19B7/c19-8-3-1-2-6-12(8)7-4-10(21)17(24)18(25)14(7)15-13(6)9(20)5-11(22)16(15)23/h1-5H,19-25H2. The molecule has 0 unspecified atom stereocenters. The Hall–Kier alpha value is -1.89. The average molecular weight is 311 g/mol. The largest absolute Gasteiger partial charge is 0.140 e. The van der Waals surface area contributed by atoms with E-state index in [9.17, 15) is 0 Å². The summed E-state index contributed by atoms with van der Waals surface area (Å²) < 4.78 is 0. The minimum Gasteiger partial charge on any atom is -0.101 e. The van der Waals surface area contributed by atoms with Gasteiger partial charge in [0.2, 0.25) is 0 Å². The van der Waals surface area contributed by atoms with Gasteiger partial charge in [0, 0.05) is 0 Å². The zero-order chi connectivity index (χ0) is 18.0. The van der Waals surface area contributed by atoms with Crippen molar-refractivity contribution in [3.05, 3.63) is 30.3 Å². The van der Waals surface area contributed by atoms with Gasteiger partial charge in [0.15, 0.2) is 0 Å². The van der Waals surface area contributed by atoms with Gasteiger partial charge in [-0.1, -0.05) is 63.1 Å². The predicted molar refractivity (Wildman–Crippen MR) is 136 cm³/mol. The maximum absolute atomic E-state index is 2.41. The Bertz CT molecular complexity index is 1210. The Morgan fingerprint density at radius 3 is 1.84 bits per heavy atom. The summed E-state index contributed by atoms with van der Waals surface area (Å²) in [7, 11) is 15.8. The molecule has 4 aromatic rings. The third kappa shape index (κ3) is 2.18. The number of benzene rings is 4. The lowest BCUT2D eigenvalue weighted by atomic mass is 9.65. The fraction of sp³-hybridized carbons (Fsp3) is 0. The van der Waals surface area contributed by atoms with Crippen molar-refractivity contribution in [1.82, 2.24) is 0 Å². The van der Waals surface area contributed by atoms with Crippen LogP contribution in [0.2, 0.25) is 0 Å². The fourth-order valence-corrected chi connectivity index (χ4v) is 4.58. The molecule has 7 heteroatoms. The molecule has 112 valence electrons. The molecule has 0 bridgehead atoms. The molecule has 0 spiro atoms. The van der Waals surface area contributed by atoms with Gasteiger partial charge in [0.05, 0.1) is 0 Å². The van der Waals surface area contributed by atoms with Gasteiger partial charge in [-0.15, -0.1) is 5.46 Å². The molecule has 25 heavy (non-hydrogen) atoms. The van der Waals surface area contributed by atoms with Crippen LogP contribution in [0.4, 0.5) is 0 Å². The van der Waals surface area contributed by atoms with Crippen LogP contribution in [0.25, 0.3) is 32.3 Å². The first-order valence-electron chi connectivity index (χ1n) is 9.15. The zero-order valence-corrected chi connectivity index (χ0v) is 16.4. The molecule has 0 saturated carbocycles. The second kappa shape index (κ2) is 5.56. The molecular formula is C18H19B7. The highest BCUT2D eigenvalue weighted by Gasteiger charge is 2.17. The van der Waals surface area contributed by atoms with E-state index in [1.807, 2.05) is 0 Å². The molecule has 0 aliphatic carbocycles. The van der Waals surface area contributed by atoms with Gasteiger partial charge in [0.25, 0.3) is 0 Å². The minimum absolute atomic E-state index is 1.37. The summed E-state index contributed by atoms with van der Waals surface area (Å²) in [5.74, 6) is 0. The van der Waals surface area contributed by atoms with Crippen molar-refractivity contribution in [2.75, 3.05) is 0 Å². The molecule has 0 radical (unpaired) electrons. The fourth-order valence-electron chi connectivity index (χ4n) is 4.58. The first-order chi connectivity index (χ1) is 11.8. The van der Waals surface area contributed by atoms with Gasteiger partial charge in [-0.25, -0.2) is 0 Å². The van der Waals surface area contributed by atoms with Crippen molar-refractivity contribution in [2.24, 2.45) is 0 Å². The van der Waals surface area contributed by atoms with E-state index >= 15 is 0 Å². The van der Waals surface area contributed by atoms with E-state index in [1.165, 1.54) is 70.6 Å². The first-order valence-corrected chi connectivity index (χ1v) is 9.15. The van der Waals surface area contributed by atoms with Crippen molar-refractivity contribution < 1.29 is 0 Å². The Balaban J connectivity index is 2.54. The average Bonchev–Trinajstić information content (AvgIpc) is 2.56. The van der Waals surface area contributed by atoms with E-state index in [-0.39, 0.29) is 0 Å². The van der Waals surface area contributed by atoms with Crippen molar-refractivity contribution in [2.45, 2.75) is 0 Å². The van der Waals surface area contributed by atoms with Crippen LogP contribution in [-0.2, 0) is 0 Å². The summed E-state index contributed by atoms with van der Waals surface area (Å²) in [6.45, 7) is 0. The smallest absolute Gasteiger partial charge is 0.101 e. The Morgan fingerprint density at radius 2 is 1.12 bits per heavy atom. The Labute approximate surface area is 156 Å². The third-order valence-electron chi connectivity index (χ3n) is 6.26. The van der Waals surface area contributed by atoms with Crippen LogP contribution in [-0.4, -0.2) is 54.9 Å². The molecule has 0 aliphatic rings. The summed E-state index contributed by atoms with van der Waals surface area (Å²) in [5.41, 5.74) is 9.78. The molecular weight excluding hydrogens is 292 g/mol. The van der Waals surface area contributed by atoms with E-state index in [2.05, 4.69) is 85.3 Å². The van der Waals surface area contributed by atoms with Crippen LogP contribution in [0.3, 0.4) is 0 Å². The highest BCUT2D eigenvalue weighted by Crippen LogP contribution is 2.30. The van der Waals surface area contributed by atoms with Gasteiger partial charge in [-0.05, 0) is 32.3 Å². The molecule has 4 aromatic carbocycles. The summed E-state index contributed by atoms with van der Waals surface area (Å²) in [6, 6.07) is 11.5. The molecule has 0 heterocycles. The van der Waals surface area contributed by atoms with Crippen LogP contribution in [0, 0.1) is 0 Å². The number of hydrogen-bond donors (Lipinski definition) is 0. The van der Waals surface area contributed by atoms with Gasteiger partial charge < -0.3 is 0 Å². The molecule has 0 nitrogen and oxygen atoms in total. The van der Waals surface area contributed by atoms with Gasteiger partial charge >= 0.3 is 0 Å². The van der Waals surface area contributed by atoms with E-state index in [1.54, 1.807) is 0 Å². The molecule has 4 rings (SSSR count). The molecule has 0 atom stereocenters. The highest BCUT2D eigenvalue weighted by atomic mass is 14.2. The monoisotopic (exact) mass is 312 g/mol. The maximum Gasteiger partial charge on any atom is 0.140 e. The van der Waals surface area contributed by atoms with E-state index < -0.39 is 0 Å². The maximum atomic E-state index is 2.41. The van der Waals surface area contributed by atoms with Crippen molar-refractivity contribution in [3.63, 3.8) is 0 Å². The van der Waals surface area contributed by atoms with Gasteiger partial charge in [-0.3, -0.25) is 0 Å². The second-order valence-corrected chi connectivity index (χ2v) is 7.75. The van der Waals surface area contributed by atoms with Crippen LogP contribution in [0.15, 0.2) is 30.3 Å². The SMILES string of the molecule is Bc1cc2c3c(B)cccc3c3c(B)cc(B)c(B)c3c2c(B)c1B. The molecule has 0 N–H and O–H groups in total. The quantitative estimate of drug-likeness (QED) is 0.224. The van der Waals surface area contributed by atoms with Crippen LogP contribution >= 0.6 is 0 Å². The van der Waals surface area contributed by atoms with Gasteiger partial charge in [0.1, 0.15) is 54.9 Å². The normalized spacial score (nSPS) is 11.5. The lowest BCUT2D eigenvalue weighted by Gasteiger charge is -2.21. The van der Waals surface area contributed by atoms with Crippen molar-refractivity contribution in [3.8, 4) is 0 Å². The zero-order valence-electron chi connectivity index (χ0n) is 16.4. The highest BCUT2D eigenvalue weighted by molar-refractivity contribution is 6.65. The topological polar surface area (TPSA) is 0 Å². The lowest BCUT2D eigenvalue weighted by Crippen LogP contribution is -2.40. The third-order valence-corrected chi connectivity index (χ3v) is 6.26. The molecule has 0 aromatic heterocycles. The van der Waals surface area contributed by atoms with Crippen LogP contribution in [0.1, 0.15) is 0 Å². The van der Waals surface area contributed by atoms with E-state index in [4.69, 9.17) is 0 Å². The van der Waals surface area contributed by atoms with Crippen LogP contribution in [0.5, 0.6) is 0 Å². The Kier molecular flexibility index (Phi) is 3.69. The van der Waals surface area contributed by atoms with Crippen LogP contribution < -0.4 is 38.2 Å². The van der Waals surface area contributed by atoms with E-state index in [0.717, 1.165) is 0 Å². The lowest BCUT2D eigenvalue weighted by molar-refractivity contribution is 1.88. The summed E-state index contributed by atoms with van der Waals surface area (Å²) in [6.07, 6.45) is 0. The summed E-state index contributed by atoms with van der Waals surface area (Å²) in [5, 5.41) is 8.55. The predicted octanol–water partition coefficient (Wildman–Crippen LogP) is -7.04. The van der Waals surface area contributed by atoms with Crippen molar-refractivity contribution in [1.29, 1.82) is 0 Å². The molecule has 0 fully saturated rings. The number of fused-ring (bicyclic) bond motifs is 6. The molecule has 0 aliphatic heterocycles. The van der Waals surface area contributed by atoms with Gasteiger partial charge in [-0.2, -0.15) is 0 Å². The first kappa shape index (κ1) is 16.6. The number of rotatable bonds is 0. The second-order valence-electron chi connectivity index (χ2n) is 7.75. The van der Waals surface area contributed by atoms with Crippen molar-refractivity contribution >= 4 is 125 Å². The Morgan fingerprint density at radius 1 is 0.440 bits per heavy atom. The minimum atomic E-state index is 1.37. The molecule has 0 saturated heterocycles. The summed E-state index contributed by atoms with van der Waals surface area (Å²) >= 11 is 0. The van der Waals surface area contributed by atoms with E-state index in [0.29, 0.717) is 0 Å². The molecule has 0 amide bonds. The number of hydrogen-bond acceptors (Lipinski definition) is 0.